The van der Waals surface area contributed by atoms with Crippen LogP contribution in [0.4, 0.5) is 5.69 Å². The molecule has 1 aromatic heterocycles. The average molecular weight is 419 g/mol. The maximum atomic E-state index is 12.5. The minimum atomic E-state index is -3.36. The monoisotopic (exact) mass is 419 g/mol. The first-order chi connectivity index (χ1) is 13.6. The van der Waals surface area contributed by atoms with Gasteiger partial charge in [0.1, 0.15) is 11.3 Å². The molecular formula is C20H21NO7S. The van der Waals surface area contributed by atoms with Gasteiger partial charge < -0.3 is 9.15 Å². The molecule has 8 nitrogen and oxygen atoms in total. The van der Waals surface area contributed by atoms with Crippen LogP contribution in [0.15, 0.2) is 33.5 Å². The highest BCUT2D eigenvalue weighted by atomic mass is 32.2. The molecule has 154 valence electrons. The van der Waals surface area contributed by atoms with Gasteiger partial charge in [0.15, 0.2) is 12.4 Å². The third kappa shape index (κ3) is 4.09. The van der Waals surface area contributed by atoms with Crippen molar-refractivity contribution in [2.45, 2.75) is 27.2 Å². The second-order valence-electron chi connectivity index (χ2n) is 6.75. The van der Waals surface area contributed by atoms with Gasteiger partial charge in [0, 0.05) is 18.2 Å². The zero-order valence-corrected chi connectivity index (χ0v) is 17.2. The molecule has 0 N–H and O–H groups in total. The van der Waals surface area contributed by atoms with Gasteiger partial charge in [0.05, 0.1) is 11.4 Å². The van der Waals surface area contributed by atoms with Crippen LogP contribution in [-0.2, 0) is 21.2 Å². The summed E-state index contributed by atoms with van der Waals surface area (Å²) in [5.74, 6) is -1.03. The normalized spacial score (nSPS) is 13.3. The summed E-state index contributed by atoms with van der Waals surface area (Å²) in [5, 5.41) is 0. The van der Waals surface area contributed by atoms with E-state index in [1.54, 1.807) is 26.0 Å². The Morgan fingerprint density at radius 2 is 1.93 bits per heavy atom. The zero-order valence-electron chi connectivity index (χ0n) is 16.4. The van der Waals surface area contributed by atoms with Crippen molar-refractivity contribution in [1.82, 2.24) is 0 Å². The number of sulfonamides is 1. The Hall–Kier alpha value is -2.94. The van der Waals surface area contributed by atoms with Gasteiger partial charge in [-0.05, 0) is 56.5 Å². The second kappa shape index (κ2) is 7.82. The first kappa shape index (κ1) is 20.8. The highest BCUT2D eigenvalue weighted by molar-refractivity contribution is 7.92. The molecule has 0 atom stereocenters. The summed E-state index contributed by atoms with van der Waals surface area (Å²) in [6, 6.07) is 5.94. The number of carbonyl (C=O) groups is 2. The third-order valence-electron chi connectivity index (χ3n) is 4.83. The molecule has 0 saturated carbocycles. The number of aryl methyl sites for hydroxylation is 2. The number of esters is 1. The Morgan fingerprint density at radius 1 is 1.21 bits per heavy atom. The van der Waals surface area contributed by atoms with Gasteiger partial charge in [-0.1, -0.05) is 0 Å². The van der Waals surface area contributed by atoms with Crippen LogP contribution >= 0.6 is 0 Å². The molecule has 3 rings (SSSR count). The van der Waals surface area contributed by atoms with E-state index >= 15 is 0 Å². The van der Waals surface area contributed by atoms with Crippen molar-refractivity contribution in [3.63, 3.8) is 0 Å². The fraction of sp³-hybridized carbons (Fsp3) is 0.350. The molecule has 1 aliphatic rings. The summed E-state index contributed by atoms with van der Waals surface area (Å²) in [7, 11) is -3.36. The lowest BCUT2D eigenvalue weighted by molar-refractivity contribution is 0.0470. The highest BCUT2D eigenvalue weighted by Gasteiger charge is 2.28. The number of rotatable bonds is 6. The number of ketones is 1. The minimum absolute atomic E-state index is 0.00150. The average Bonchev–Trinajstić information content (AvgIpc) is 3.09. The lowest BCUT2D eigenvalue weighted by Crippen LogP contribution is -2.30. The molecule has 1 aliphatic heterocycles. The first-order valence-corrected chi connectivity index (χ1v) is 10.7. The number of nitrogens with zero attached hydrogens (tertiary/aromatic N) is 1. The number of Topliss-reactive ketones (excluding diaryl/α,β-unsaturated/α-hetero) is 1. The van der Waals surface area contributed by atoms with Crippen LogP contribution in [0.1, 0.15) is 44.5 Å². The van der Waals surface area contributed by atoms with Crippen molar-refractivity contribution in [3.05, 3.63) is 62.7 Å². The topological polar surface area (TPSA) is 111 Å². The Labute approximate surface area is 168 Å². The number of fused-ring (bicyclic) bond motifs is 1. The van der Waals surface area contributed by atoms with Crippen LogP contribution in [-0.4, -0.2) is 39.1 Å². The SMILES string of the molecule is CCS(=O)(=O)N1CCc2cc(C(=O)COC(=O)c3c(C)cc(=O)oc3C)ccc21. The van der Waals surface area contributed by atoms with Crippen LogP contribution in [0.25, 0.3) is 0 Å². The molecule has 2 aromatic rings. The van der Waals surface area contributed by atoms with Crippen molar-refractivity contribution in [1.29, 1.82) is 0 Å². The van der Waals surface area contributed by atoms with Crippen molar-refractivity contribution in [2.24, 2.45) is 0 Å². The van der Waals surface area contributed by atoms with Crippen LogP contribution in [0, 0.1) is 13.8 Å². The van der Waals surface area contributed by atoms with Gasteiger partial charge in [0.25, 0.3) is 0 Å². The smallest absolute Gasteiger partial charge is 0.342 e. The van der Waals surface area contributed by atoms with E-state index in [-0.39, 0.29) is 17.1 Å². The van der Waals surface area contributed by atoms with Crippen molar-refractivity contribution >= 4 is 27.5 Å². The van der Waals surface area contributed by atoms with Crippen LogP contribution in [0.3, 0.4) is 0 Å². The standard InChI is InChI=1S/C20H21NO7S/c1-4-29(25,26)21-8-7-14-10-15(5-6-16(14)21)17(22)11-27-20(24)19-12(2)9-18(23)28-13(19)3/h5-6,9-10H,4,7-8,11H2,1-3H3. The highest BCUT2D eigenvalue weighted by Crippen LogP contribution is 2.31. The van der Waals surface area contributed by atoms with E-state index < -0.39 is 34.0 Å². The van der Waals surface area contributed by atoms with Gasteiger partial charge in [-0.25, -0.2) is 18.0 Å². The summed E-state index contributed by atoms with van der Waals surface area (Å²) >= 11 is 0. The molecule has 0 radical (unpaired) electrons. The third-order valence-corrected chi connectivity index (χ3v) is 6.61. The van der Waals surface area contributed by atoms with Gasteiger partial charge >= 0.3 is 11.6 Å². The van der Waals surface area contributed by atoms with Crippen LogP contribution in [0.2, 0.25) is 0 Å². The molecule has 0 spiro atoms. The van der Waals surface area contributed by atoms with E-state index in [1.807, 2.05) is 0 Å². The van der Waals surface area contributed by atoms with Crippen LogP contribution < -0.4 is 9.93 Å². The largest absolute Gasteiger partial charge is 0.454 e. The van der Waals surface area contributed by atoms with E-state index in [2.05, 4.69) is 0 Å². The predicted molar refractivity (Wildman–Crippen MR) is 106 cm³/mol. The summed E-state index contributed by atoms with van der Waals surface area (Å²) in [6.07, 6.45) is 0.511. The molecule has 0 unspecified atom stereocenters. The van der Waals surface area contributed by atoms with Gasteiger partial charge in [-0.3, -0.25) is 9.10 Å². The maximum absolute atomic E-state index is 12.5. The Kier molecular flexibility index (Phi) is 5.61. The molecule has 2 heterocycles. The molecular weight excluding hydrogens is 398 g/mol. The molecule has 1 aromatic carbocycles. The van der Waals surface area contributed by atoms with Gasteiger partial charge in [-0.15, -0.1) is 0 Å². The van der Waals surface area contributed by atoms with E-state index in [0.29, 0.717) is 29.8 Å². The second-order valence-corrected chi connectivity index (χ2v) is 8.93. The summed E-state index contributed by atoms with van der Waals surface area (Å²) < 4.78 is 35.6. The zero-order chi connectivity index (χ0) is 21.3. The van der Waals surface area contributed by atoms with Crippen molar-refractivity contribution in [2.75, 3.05) is 23.2 Å². The summed E-state index contributed by atoms with van der Waals surface area (Å²) in [5.41, 5.74) is 1.63. The Morgan fingerprint density at radius 3 is 2.59 bits per heavy atom. The molecule has 0 bridgehead atoms. The van der Waals surface area contributed by atoms with Crippen molar-refractivity contribution < 1.29 is 27.2 Å². The summed E-state index contributed by atoms with van der Waals surface area (Å²) in [6.45, 7) is 4.51. The molecule has 9 heteroatoms. The fourth-order valence-corrected chi connectivity index (χ4v) is 4.50. The van der Waals surface area contributed by atoms with Crippen molar-refractivity contribution in [3.8, 4) is 0 Å². The van der Waals surface area contributed by atoms with Gasteiger partial charge in [0.2, 0.25) is 10.0 Å². The summed E-state index contributed by atoms with van der Waals surface area (Å²) in [4.78, 5) is 36.1. The minimum Gasteiger partial charge on any atom is -0.454 e. The quantitative estimate of drug-likeness (QED) is 0.520. The van der Waals surface area contributed by atoms with E-state index in [4.69, 9.17) is 9.15 Å². The number of anilines is 1. The number of hydrogen-bond donors (Lipinski definition) is 0. The maximum Gasteiger partial charge on any atom is 0.342 e. The first-order valence-electron chi connectivity index (χ1n) is 9.09. The van der Waals surface area contributed by atoms with Crippen LogP contribution in [0.5, 0.6) is 0 Å². The molecule has 0 saturated heterocycles. The van der Waals surface area contributed by atoms with E-state index in [1.165, 1.54) is 23.4 Å². The lowest BCUT2D eigenvalue weighted by atomic mass is 10.1. The number of ether oxygens (including phenoxy) is 1. The van der Waals surface area contributed by atoms with E-state index in [0.717, 1.165) is 5.56 Å². The number of carbonyl (C=O) groups excluding carboxylic acids is 2. The predicted octanol–water partition coefficient (Wildman–Crippen LogP) is 2.01. The lowest BCUT2D eigenvalue weighted by Gasteiger charge is -2.18. The Bertz CT molecular complexity index is 1120. The Balaban J connectivity index is 1.73. The van der Waals surface area contributed by atoms with E-state index in [9.17, 15) is 22.8 Å². The fourth-order valence-electron chi connectivity index (χ4n) is 3.34. The van der Waals surface area contributed by atoms with Gasteiger partial charge in [-0.2, -0.15) is 0 Å². The molecule has 0 fully saturated rings. The molecule has 29 heavy (non-hydrogen) atoms. The number of hydrogen-bond acceptors (Lipinski definition) is 7. The molecule has 0 amide bonds. The number of benzene rings is 1. The molecule has 0 aliphatic carbocycles.